The Morgan fingerprint density at radius 3 is 2.96 bits per heavy atom. The Morgan fingerprint density at radius 2 is 2.17 bits per heavy atom. The highest BCUT2D eigenvalue weighted by Crippen LogP contribution is 2.26. The first-order chi connectivity index (χ1) is 11.8. The number of H-pyrrole nitrogens is 1. The summed E-state index contributed by atoms with van der Waals surface area (Å²) < 4.78 is 10.6. The number of anilines is 1. The Bertz CT molecular complexity index is 809. The molecule has 0 fully saturated rings. The molecule has 1 aliphatic rings. The molecule has 3 aromatic rings. The van der Waals surface area contributed by atoms with Crippen LogP contribution in [0.5, 0.6) is 5.75 Å². The predicted molar refractivity (Wildman–Crippen MR) is 87.8 cm³/mol. The van der Waals surface area contributed by atoms with Crippen molar-refractivity contribution in [1.29, 1.82) is 0 Å². The third kappa shape index (κ3) is 3.10. The smallest absolute Gasteiger partial charge is 0.223 e. The molecule has 3 heterocycles. The maximum atomic E-state index is 5.68. The van der Waals surface area contributed by atoms with Gasteiger partial charge in [0.25, 0.3) is 0 Å². The fourth-order valence-electron chi connectivity index (χ4n) is 2.95. The molecule has 0 atom stereocenters. The molecule has 1 aromatic carbocycles. The van der Waals surface area contributed by atoms with Crippen molar-refractivity contribution in [2.75, 3.05) is 11.4 Å². The van der Waals surface area contributed by atoms with E-state index >= 15 is 0 Å². The minimum Gasteiger partial charge on any atom is -0.485 e. The number of nitrogens with one attached hydrogen (secondary N) is 1. The van der Waals surface area contributed by atoms with Crippen LogP contribution in [0.25, 0.3) is 0 Å². The van der Waals surface area contributed by atoms with Crippen LogP contribution in [0.1, 0.15) is 29.4 Å². The summed E-state index contributed by atoms with van der Waals surface area (Å²) in [5.74, 6) is 1.89. The Morgan fingerprint density at radius 1 is 1.29 bits per heavy atom. The fraction of sp³-hybridized carbons (Fsp3) is 0.353. The molecule has 0 unspecified atom stereocenters. The lowest BCUT2D eigenvalue weighted by Gasteiger charge is -2.28. The predicted octanol–water partition coefficient (Wildman–Crippen LogP) is 2.63. The minimum atomic E-state index is 0.307. The number of ether oxygens (including phenoxy) is 1. The molecule has 0 bridgehead atoms. The number of rotatable bonds is 5. The van der Waals surface area contributed by atoms with Crippen molar-refractivity contribution < 1.29 is 9.26 Å². The van der Waals surface area contributed by atoms with Gasteiger partial charge in [-0.1, -0.05) is 17.3 Å². The monoisotopic (exact) mass is 325 g/mol. The van der Waals surface area contributed by atoms with Crippen LogP contribution in [-0.2, 0) is 19.6 Å². The summed E-state index contributed by atoms with van der Waals surface area (Å²) in [5, 5.41) is 11.1. The summed E-state index contributed by atoms with van der Waals surface area (Å²) in [4.78, 5) is 6.48. The Balaban J connectivity index is 1.38. The first-order valence-electron chi connectivity index (χ1n) is 8.06. The minimum absolute atomic E-state index is 0.307. The van der Waals surface area contributed by atoms with Crippen molar-refractivity contribution in [2.24, 2.45) is 0 Å². The maximum absolute atomic E-state index is 5.68. The number of hydrogen-bond acceptors (Lipinski definition) is 6. The summed E-state index contributed by atoms with van der Waals surface area (Å²) in [6, 6.07) is 8.13. The van der Waals surface area contributed by atoms with Crippen molar-refractivity contribution in [3.63, 3.8) is 0 Å². The van der Waals surface area contributed by atoms with Gasteiger partial charge in [0, 0.05) is 20.0 Å². The van der Waals surface area contributed by atoms with Gasteiger partial charge in [-0.05, 0) is 30.5 Å². The Labute approximate surface area is 139 Å². The van der Waals surface area contributed by atoms with Gasteiger partial charge in [0.1, 0.15) is 5.75 Å². The maximum Gasteiger partial charge on any atom is 0.223 e. The molecule has 4 rings (SSSR count). The number of aromatic nitrogens is 4. The van der Waals surface area contributed by atoms with Crippen molar-refractivity contribution in [3.8, 4) is 5.75 Å². The quantitative estimate of drug-likeness (QED) is 0.777. The van der Waals surface area contributed by atoms with E-state index < -0.39 is 0 Å². The average Bonchev–Trinajstić information content (AvgIpc) is 3.23. The number of benzene rings is 1. The third-order valence-electron chi connectivity index (χ3n) is 4.13. The van der Waals surface area contributed by atoms with Crippen LogP contribution in [0.2, 0.25) is 0 Å². The van der Waals surface area contributed by atoms with Crippen LogP contribution in [0.15, 0.2) is 35.0 Å². The molecule has 0 aliphatic carbocycles. The molecular weight excluding hydrogens is 306 g/mol. The Hall–Kier alpha value is -2.83. The van der Waals surface area contributed by atoms with Crippen LogP contribution in [-0.4, -0.2) is 26.9 Å². The molecular formula is C17H19N5O2. The van der Waals surface area contributed by atoms with Gasteiger partial charge in [0.05, 0.1) is 17.6 Å². The van der Waals surface area contributed by atoms with E-state index in [4.69, 9.17) is 9.26 Å². The first-order valence-corrected chi connectivity index (χ1v) is 8.06. The zero-order valence-electron chi connectivity index (χ0n) is 13.5. The van der Waals surface area contributed by atoms with E-state index in [-0.39, 0.29) is 0 Å². The van der Waals surface area contributed by atoms with Crippen LogP contribution in [0.3, 0.4) is 0 Å². The second kappa shape index (κ2) is 6.35. The summed E-state index contributed by atoms with van der Waals surface area (Å²) in [7, 11) is 0. The standard InChI is InChI=1S/C17H19N5O2/c1-12-19-17(21-24-12)11-23-14-6-4-13(5-7-14)10-22-8-2-3-15-16(22)9-18-20-15/h4-7,9H,2-3,8,10-11H2,1H3,(H,18,20). The van der Waals surface area contributed by atoms with Gasteiger partial charge < -0.3 is 14.2 Å². The lowest BCUT2D eigenvalue weighted by molar-refractivity contribution is 0.285. The largest absolute Gasteiger partial charge is 0.485 e. The molecule has 0 amide bonds. The van der Waals surface area contributed by atoms with Gasteiger partial charge in [-0.3, -0.25) is 5.10 Å². The summed E-state index contributed by atoms with van der Waals surface area (Å²) in [6.45, 7) is 4.00. The molecule has 2 aromatic heterocycles. The van der Waals surface area contributed by atoms with Crippen LogP contribution >= 0.6 is 0 Å². The Kier molecular flexibility index (Phi) is 3.90. The van der Waals surface area contributed by atoms with E-state index in [2.05, 4.69) is 37.4 Å². The molecule has 0 saturated carbocycles. The highest BCUT2D eigenvalue weighted by molar-refractivity contribution is 5.51. The third-order valence-corrected chi connectivity index (χ3v) is 4.13. The van der Waals surface area contributed by atoms with Crippen molar-refractivity contribution >= 4 is 5.69 Å². The molecule has 24 heavy (non-hydrogen) atoms. The number of nitrogens with zero attached hydrogens (tertiary/aromatic N) is 4. The number of aryl methyl sites for hydroxylation is 2. The average molecular weight is 325 g/mol. The number of fused-ring (bicyclic) bond motifs is 1. The SMILES string of the molecule is Cc1nc(COc2ccc(CN3CCCc4[nH]ncc43)cc2)no1. The topological polar surface area (TPSA) is 80.1 Å². The van der Waals surface area contributed by atoms with E-state index in [0.717, 1.165) is 31.7 Å². The van der Waals surface area contributed by atoms with Gasteiger partial charge in [-0.15, -0.1) is 0 Å². The number of aromatic amines is 1. The lowest BCUT2D eigenvalue weighted by Crippen LogP contribution is -2.28. The summed E-state index contributed by atoms with van der Waals surface area (Å²) in [5.41, 5.74) is 3.69. The molecule has 0 spiro atoms. The number of hydrogen-bond donors (Lipinski definition) is 1. The lowest BCUT2D eigenvalue weighted by atomic mass is 10.1. The van der Waals surface area contributed by atoms with Gasteiger partial charge in [-0.25, -0.2) is 0 Å². The molecule has 7 nitrogen and oxygen atoms in total. The molecule has 1 aliphatic heterocycles. The van der Waals surface area contributed by atoms with Crippen LogP contribution in [0, 0.1) is 6.92 Å². The van der Waals surface area contributed by atoms with Crippen LogP contribution < -0.4 is 9.64 Å². The second-order valence-electron chi connectivity index (χ2n) is 5.92. The van der Waals surface area contributed by atoms with Crippen molar-refractivity contribution in [2.45, 2.75) is 32.9 Å². The van der Waals surface area contributed by atoms with Gasteiger partial charge >= 0.3 is 0 Å². The van der Waals surface area contributed by atoms with E-state index in [0.29, 0.717) is 18.3 Å². The van der Waals surface area contributed by atoms with Gasteiger partial charge in [0.2, 0.25) is 11.7 Å². The van der Waals surface area contributed by atoms with E-state index in [1.54, 1.807) is 6.92 Å². The van der Waals surface area contributed by atoms with E-state index in [9.17, 15) is 0 Å². The van der Waals surface area contributed by atoms with E-state index in [1.165, 1.54) is 16.9 Å². The van der Waals surface area contributed by atoms with Crippen molar-refractivity contribution in [3.05, 3.63) is 53.4 Å². The van der Waals surface area contributed by atoms with Crippen molar-refractivity contribution in [1.82, 2.24) is 20.3 Å². The summed E-state index contributed by atoms with van der Waals surface area (Å²) >= 11 is 0. The zero-order valence-corrected chi connectivity index (χ0v) is 13.5. The normalized spacial score (nSPS) is 13.8. The molecule has 0 saturated heterocycles. The van der Waals surface area contributed by atoms with Crippen LogP contribution in [0.4, 0.5) is 5.69 Å². The highest BCUT2D eigenvalue weighted by atomic mass is 16.5. The van der Waals surface area contributed by atoms with E-state index in [1.807, 2.05) is 18.3 Å². The molecule has 0 radical (unpaired) electrons. The van der Waals surface area contributed by atoms with Gasteiger partial charge in [0.15, 0.2) is 6.61 Å². The molecule has 124 valence electrons. The second-order valence-corrected chi connectivity index (χ2v) is 5.92. The summed E-state index contributed by atoms with van der Waals surface area (Å²) in [6.07, 6.45) is 4.15. The molecule has 7 heteroatoms. The first kappa shape index (κ1) is 14.7. The molecule has 1 N–H and O–H groups in total. The fourth-order valence-corrected chi connectivity index (χ4v) is 2.95. The zero-order chi connectivity index (χ0) is 16.4. The van der Waals surface area contributed by atoms with Gasteiger partial charge in [-0.2, -0.15) is 10.1 Å². The highest BCUT2D eigenvalue weighted by Gasteiger charge is 2.18.